The number of fused-ring (bicyclic) bond motifs is 1. The number of rotatable bonds is 5. The fourth-order valence-electron chi connectivity index (χ4n) is 4.30. The van der Waals surface area contributed by atoms with Gasteiger partial charge < -0.3 is 4.90 Å². The lowest BCUT2D eigenvalue weighted by atomic mass is 9.86. The van der Waals surface area contributed by atoms with E-state index in [4.69, 9.17) is 0 Å². The first-order chi connectivity index (χ1) is 13.6. The second-order valence-corrected chi connectivity index (χ2v) is 7.63. The standard InChI is InChI=1S/C22H25N3O3/c26-22-20-4-2-1-3-18(20)7-10-21(22)24-15-13-23(14-16-24)12-11-17-5-8-19(9-6-17)25(27)28/h1-6,8-9,21H,7,10-16H2. The van der Waals surface area contributed by atoms with E-state index in [1.807, 2.05) is 30.3 Å². The molecule has 2 aromatic rings. The molecule has 0 radical (unpaired) electrons. The minimum absolute atomic E-state index is 0.0201. The van der Waals surface area contributed by atoms with Crippen molar-refractivity contribution >= 4 is 11.5 Å². The number of piperazine rings is 1. The molecule has 0 aromatic heterocycles. The maximum absolute atomic E-state index is 12.9. The summed E-state index contributed by atoms with van der Waals surface area (Å²) in [5.74, 6) is 0.279. The van der Waals surface area contributed by atoms with E-state index in [1.54, 1.807) is 12.1 Å². The van der Waals surface area contributed by atoms with Gasteiger partial charge in [-0.3, -0.25) is 19.8 Å². The van der Waals surface area contributed by atoms with Gasteiger partial charge in [0.2, 0.25) is 0 Å². The van der Waals surface area contributed by atoms with Crippen molar-refractivity contribution in [3.05, 3.63) is 75.3 Å². The van der Waals surface area contributed by atoms with Crippen molar-refractivity contribution in [2.24, 2.45) is 0 Å². The maximum atomic E-state index is 12.9. The third-order valence-electron chi connectivity index (χ3n) is 5.98. The van der Waals surface area contributed by atoms with Crippen LogP contribution in [0.1, 0.15) is 27.9 Å². The fourth-order valence-corrected chi connectivity index (χ4v) is 4.30. The summed E-state index contributed by atoms with van der Waals surface area (Å²) in [6, 6.07) is 14.8. The maximum Gasteiger partial charge on any atom is 0.269 e. The molecule has 6 heteroatoms. The van der Waals surface area contributed by atoms with Crippen LogP contribution in [0, 0.1) is 10.1 Å². The first kappa shape index (κ1) is 18.8. The van der Waals surface area contributed by atoms with Gasteiger partial charge in [-0.2, -0.15) is 0 Å². The number of hydrogen-bond acceptors (Lipinski definition) is 5. The molecule has 2 aromatic carbocycles. The van der Waals surface area contributed by atoms with Gasteiger partial charge in [0.1, 0.15) is 0 Å². The van der Waals surface area contributed by atoms with Gasteiger partial charge >= 0.3 is 0 Å². The number of carbonyl (C=O) groups excluding carboxylic acids is 1. The molecule has 0 bridgehead atoms. The van der Waals surface area contributed by atoms with Gasteiger partial charge in [-0.05, 0) is 30.4 Å². The summed E-state index contributed by atoms with van der Waals surface area (Å²) in [4.78, 5) is 28.0. The van der Waals surface area contributed by atoms with E-state index >= 15 is 0 Å². The van der Waals surface area contributed by atoms with Gasteiger partial charge in [-0.1, -0.05) is 36.4 Å². The molecule has 0 N–H and O–H groups in total. The van der Waals surface area contributed by atoms with Crippen LogP contribution < -0.4 is 0 Å². The van der Waals surface area contributed by atoms with Gasteiger partial charge in [0, 0.05) is 50.4 Å². The predicted octanol–water partition coefficient (Wildman–Crippen LogP) is 2.95. The lowest BCUT2D eigenvalue weighted by Gasteiger charge is -2.40. The number of Topliss-reactive ketones (excluding diaryl/α,β-unsaturated/α-hetero) is 1. The minimum atomic E-state index is -0.367. The molecule has 146 valence electrons. The third-order valence-corrected chi connectivity index (χ3v) is 5.98. The van der Waals surface area contributed by atoms with Crippen LogP contribution in [-0.4, -0.2) is 59.3 Å². The Hall–Kier alpha value is -2.57. The fraction of sp³-hybridized carbons (Fsp3) is 0.409. The highest BCUT2D eigenvalue weighted by molar-refractivity contribution is 6.02. The van der Waals surface area contributed by atoms with Crippen LogP contribution in [0.15, 0.2) is 48.5 Å². The van der Waals surface area contributed by atoms with Crippen LogP contribution in [0.3, 0.4) is 0 Å². The van der Waals surface area contributed by atoms with Crippen molar-refractivity contribution in [2.75, 3.05) is 32.7 Å². The van der Waals surface area contributed by atoms with Crippen LogP contribution in [0.2, 0.25) is 0 Å². The van der Waals surface area contributed by atoms with Gasteiger partial charge in [-0.15, -0.1) is 0 Å². The Kier molecular flexibility index (Phi) is 5.50. The van der Waals surface area contributed by atoms with Crippen molar-refractivity contribution in [2.45, 2.75) is 25.3 Å². The Morgan fingerprint density at radius 1 is 1.00 bits per heavy atom. The number of carbonyl (C=O) groups is 1. The first-order valence-corrected chi connectivity index (χ1v) is 9.93. The van der Waals surface area contributed by atoms with Gasteiger partial charge in [-0.25, -0.2) is 0 Å². The van der Waals surface area contributed by atoms with E-state index in [-0.39, 0.29) is 22.4 Å². The highest BCUT2D eigenvalue weighted by atomic mass is 16.6. The lowest BCUT2D eigenvalue weighted by molar-refractivity contribution is -0.384. The van der Waals surface area contributed by atoms with E-state index in [1.165, 1.54) is 5.56 Å². The normalized spacial score (nSPS) is 20.7. The molecular formula is C22H25N3O3. The second-order valence-electron chi connectivity index (χ2n) is 7.63. The number of hydrogen-bond donors (Lipinski definition) is 0. The van der Waals surface area contributed by atoms with Crippen LogP contribution in [0.4, 0.5) is 5.69 Å². The quantitative estimate of drug-likeness (QED) is 0.590. The largest absolute Gasteiger partial charge is 0.300 e. The van der Waals surface area contributed by atoms with Gasteiger partial charge in [0.15, 0.2) is 5.78 Å². The van der Waals surface area contributed by atoms with Crippen molar-refractivity contribution in [1.29, 1.82) is 0 Å². The molecule has 28 heavy (non-hydrogen) atoms. The molecule has 0 saturated carbocycles. The Labute approximate surface area is 164 Å². The number of nitro benzene ring substituents is 1. The molecule has 4 rings (SSSR count). The van der Waals surface area contributed by atoms with E-state index < -0.39 is 0 Å². The molecular weight excluding hydrogens is 354 g/mol. The smallest absolute Gasteiger partial charge is 0.269 e. The molecule has 1 heterocycles. The minimum Gasteiger partial charge on any atom is -0.300 e. The molecule has 0 amide bonds. The van der Waals surface area contributed by atoms with Crippen LogP contribution in [0.5, 0.6) is 0 Å². The highest BCUT2D eigenvalue weighted by Crippen LogP contribution is 2.25. The molecule has 6 nitrogen and oxygen atoms in total. The van der Waals surface area contributed by atoms with Crippen LogP contribution in [-0.2, 0) is 12.8 Å². The van der Waals surface area contributed by atoms with Crippen LogP contribution in [0.25, 0.3) is 0 Å². The SMILES string of the molecule is O=C1c2ccccc2CCC1N1CCN(CCc2ccc([N+](=O)[O-])cc2)CC1. The van der Waals surface area contributed by atoms with E-state index in [0.717, 1.165) is 63.1 Å². The van der Waals surface area contributed by atoms with Crippen molar-refractivity contribution < 1.29 is 9.72 Å². The molecule has 2 aliphatic rings. The number of non-ortho nitro benzene ring substituents is 1. The lowest BCUT2D eigenvalue weighted by Crippen LogP contribution is -2.53. The summed E-state index contributed by atoms with van der Waals surface area (Å²) in [6.07, 6.45) is 2.78. The Morgan fingerprint density at radius 3 is 2.43 bits per heavy atom. The van der Waals surface area contributed by atoms with Gasteiger partial charge in [0.05, 0.1) is 11.0 Å². The van der Waals surface area contributed by atoms with Crippen molar-refractivity contribution in [1.82, 2.24) is 9.80 Å². The summed E-state index contributed by atoms with van der Waals surface area (Å²) in [7, 11) is 0. The first-order valence-electron chi connectivity index (χ1n) is 9.93. The number of ketones is 1. The van der Waals surface area contributed by atoms with Crippen molar-refractivity contribution in [3.63, 3.8) is 0 Å². The zero-order valence-corrected chi connectivity index (χ0v) is 15.9. The molecule has 1 unspecified atom stereocenters. The van der Waals surface area contributed by atoms with Gasteiger partial charge in [0.25, 0.3) is 5.69 Å². The average Bonchev–Trinajstić information content (AvgIpc) is 2.73. The van der Waals surface area contributed by atoms with E-state index in [2.05, 4.69) is 15.9 Å². The average molecular weight is 379 g/mol. The molecule has 1 aliphatic heterocycles. The molecule has 1 atom stereocenters. The number of nitrogens with zero attached hydrogens (tertiary/aromatic N) is 3. The van der Waals surface area contributed by atoms with E-state index in [9.17, 15) is 14.9 Å². The number of nitro groups is 1. The zero-order valence-electron chi connectivity index (χ0n) is 15.9. The zero-order chi connectivity index (χ0) is 19.5. The molecule has 1 saturated heterocycles. The van der Waals surface area contributed by atoms with E-state index in [0.29, 0.717) is 0 Å². The Balaban J connectivity index is 1.28. The molecule has 1 aliphatic carbocycles. The number of aryl methyl sites for hydroxylation is 1. The predicted molar refractivity (Wildman–Crippen MR) is 108 cm³/mol. The summed E-state index contributed by atoms with van der Waals surface area (Å²) in [5, 5.41) is 10.7. The molecule has 1 fully saturated rings. The highest BCUT2D eigenvalue weighted by Gasteiger charge is 2.33. The summed E-state index contributed by atoms with van der Waals surface area (Å²) in [5.41, 5.74) is 3.34. The Morgan fingerprint density at radius 2 is 1.71 bits per heavy atom. The molecule has 0 spiro atoms. The summed E-state index contributed by atoms with van der Waals surface area (Å²) in [6.45, 7) is 4.68. The summed E-state index contributed by atoms with van der Waals surface area (Å²) < 4.78 is 0. The number of benzene rings is 2. The van der Waals surface area contributed by atoms with Crippen LogP contribution >= 0.6 is 0 Å². The summed E-state index contributed by atoms with van der Waals surface area (Å²) >= 11 is 0. The monoisotopic (exact) mass is 379 g/mol. The third kappa shape index (κ3) is 3.98. The second kappa shape index (κ2) is 8.20. The Bertz CT molecular complexity index is 858. The van der Waals surface area contributed by atoms with Crippen molar-refractivity contribution in [3.8, 4) is 0 Å². The topological polar surface area (TPSA) is 66.7 Å².